The van der Waals surface area contributed by atoms with E-state index in [1.165, 1.54) is 0 Å². The third kappa shape index (κ3) is 12.5. The molecule has 2 unspecified atom stereocenters. The van der Waals surface area contributed by atoms with Crippen LogP contribution in [0, 0.1) is 0 Å². The van der Waals surface area contributed by atoms with Gasteiger partial charge < -0.3 is 29.2 Å². The molecular weight excluding hydrogens is 492 g/mol. The fourth-order valence-corrected chi connectivity index (χ4v) is 3.62. The largest absolute Gasteiger partial charge is 0.491 e. The Balaban J connectivity index is 1.79. The molecule has 39 heavy (non-hydrogen) atoms. The maximum atomic E-state index is 10.1. The summed E-state index contributed by atoms with van der Waals surface area (Å²) in [6, 6.07) is 15.8. The SMILES string of the molecule is CC=CC=CCOCC(O)COc1ccc(C(C)(C)c2ccc(OCC(O)COCC=CC=CC)cc2)cc1. The molecular formula is C33H44O6. The molecule has 0 aliphatic heterocycles. The van der Waals surface area contributed by atoms with E-state index in [-0.39, 0.29) is 31.8 Å². The van der Waals surface area contributed by atoms with Crippen LogP contribution >= 0.6 is 0 Å². The number of benzene rings is 2. The first-order valence-corrected chi connectivity index (χ1v) is 13.4. The minimum Gasteiger partial charge on any atom is -0.491 e. The second-order valence-corrected chi connectivity index (χ2v) is 9.59. The summed E-state index contributed by atoms with van der Waals surface area (Å²) in [6.45, 7) is 9.89. The Labute approximate surface area is 233 Å². The van der Waals surface area contributed by atoms with Gasteiger partial charge in [0, 0.05) is 5.41 Å². The summed E-state index contributed by atoms with van der Waals surface area (Å²) in [5.74, 6) is 1.39. The van der Waals surface area contributed by atoms with Gasteiger partial charge in [0.1, 0.15) is 36.9 Å². The van der Waals surface area contributed by atoms with Crippen molar-refractivity contribution in [1.82, 2.24) is 0 Å². The summed E-state index contributed by atoms with van der Waals surface area (Å²) in [6.07, 6.45) is 13.9. The van der Waals surface area contributed by atoms with Crippen molar-refractivity contribution in [3.05, 3.63) is 108 Å². The molecule has 0 saturated heterocycles. The summed E-state index contributed by atoms with van der Waals surface area (Å²) >= 11 is 0. The summed E-state index contributed by atoms with van der Waals surface area (Å²) < 4.78 is 22.3. The first-order valence-electron chi connectivity index (χ1n) is 13.4. The normalized spacial score (nSPS) is 14.1. The second-order valence-electron chi connectivity index (χ2n) is 9.59. The maximum Gasteiger partial charge on any atom is 0.119 e. The maximum absolute atomic E-state index is 10.1. The zero-order valence-electron chi connectivity index (χ0n) is 23.7. The Morgan fingerprint density at radius 3 is 1.36 bits per heavy atom. The van der Waals surface area contributed by atoms with Crippen molar-refractivity contribution >= 4 is 0 Å². The zero-order chi connectivity index (χ0) is 28.3. The van der Waals surface area contributed by atoms with Crippen LogP contribution in [0.25, 0.3) is 0 Å². The lowest BCUT2D eigenvalue weighted by Crippen LogP contribution is -2.24. The Kier molecular flexibility index (Phi) is 14.9. The molecule has 2 rings (SSSR count). The number of rotatable bonds is 18. The van der Waals surface area contributed by atoms with E-state index in [0.717, 1.165) is 11.1 Å². The Morgan fingerprint density at radius 1 is 0.615 bits per heavy atom. The Morgan fingerprint density at radius 2 is 1.00 bits per heavy atom. The highest BCUT2D eigenvalue weighted by atomic mass is 16.5. The minimum atomic E-state index is -0.698. The lowest BCUT2D eigenvalue weighted by atomic mass is 9.78. The number of hydrogen-bond acceptors (Lipinski definition) is 6. The van der Waals surface area contributed by atoms with E-state index in [0.29, 0.717) is 24.7 Å². The molecule has 0 amide bonds. The van der Waals surface area contributed by atoms with E-state index in [1.54, 1.807) is 0 Å². The number of aliphatic hydroxyl groups is 2. The van der Waals surface area contributed by atoms with Crippen LogP contribution in [0.15, 0.2) is 97.1 Å². The van der Waals surface area contributed by atoms with Crippen molar-refractivity contribution in [3.63, 3.8) is 0 Å². The zero-order valence-corrected chi connectivity index (χ0v) is 23.7. The van der Waals surface area contributed by atoms with Gasteiger partial charge in [-0.05, 0) is 49.2 Å². The molecule has 212 valence electrons. The lowest BCUT2D eigenvalue weighted by Gasteiger charge is -2.26. The highest BCUT2D eigenvalue weighted by Gasteiger charge is 2.23. The van der Waals surface area contributed by atoms with Crippen LogP contribution in [-0.4, -0.2) is 62.1 Å². The highest BCUT2D eigenvalue weighted by Crippen LogP contribution is 2.33. The van der Waals surface area contributed by atoms with E-state index in [1.807, 2.05) is 111 Å². The molecule has 0 fully saturated rings. The quantitative estimate of drug-likeness (QED) is 0.186. The summed E-state index contributed by atoms with van der Waals surface area (Å²) in [4.78, 5) is 0. The van der Waals surface area contributed by atoms with Crippen molar-refractivity contribution in [2.75, 3.05) is 39.6 Å². The third-order valence-corrected chi connectivity index (χ3v) is 5.96. The molecule has 0 saturated carbocycles. The van der Waals surface area contributed by atoms with E-state index < -0.39 is 12.2 Å². The standard InChI is InChI=1S/C33H44O6/c1-5-7-9-11-21-36-23-29(34)25-38-31-17-13-27(14-18-31)33(3,4)28-15-19-32(20-16-28)39-26-30(35)24-37-22-12-10-8-6-2/h5-20,29-30,34-35H,21-26H2,1-4H3. The van der Waals surface area contributed by atoms with Gasteiger partial charge >= 0.3 is 0 Å². The summed E-state index contributed by atoms with van der Waals surface area (Å²) in [5.41, 5.74) is 2.03. The van der Waals surface area contributed by atoms with Gasteiger partial charge in [0.15, 0.2) is 0 Å². The van der Waals surface area contributed by atoms with Crippen molar-refractivity contribution in [2.45, 2.75) is 45.3 Å². The molecule has 6 heteroatoms. The monoisotopic (exact) mass is 536 g/mol. The van der Waals surface area contributed by atoms with Crippen molar-refractivity contribution < 1.29 is 29.2 Å². The third-order valence-electron chi connectivity index (χ3n) is 5.96. The Hall–Kier alpha value is -3.16. The molecule has 2 aromatic carbocycles. The van der Waals surface area contributed by atoms with E-state index in [2.05, 4.69) is 13.8 Å². The fourth-order valence-electron chi connectivity index (χ4n) is 3.62. The average Bonchev–Trinajstić information content (AvgIpc) is 2.95. The molecule has 2 atom stereocenters. The predicted molar refractivity (Wildman–Crippen MR) is 158 cm³/mol. The molecule has 0 radical (unpaired) electrons. The van der Waals surface area contributed by atoms with Gasteiger partial charge in [-0.1, -0.05) is 86.7 Å². The molecule has 0 spiro atoms. The molecule has 0 aliphatic rings. The average molecular weight is 537 g/mol. The topological polar surface area (TPSA) is 77.4 Å². The first kappa shape index (κ1) is 32.1. The molecule has 0 aromatic heterocycles. The number of allylic oxidation sites excluding steroid dienone is 6. The minimum absolute atomic E-state index is 0.164. The fraction of sp³-hybridized carbons (Fsp3) is 0.394. The van der Waals surface area contributed by atoms with E-state index in [4.69, 9.17) is 18.9 Å². The van der Waals surface area contributed by atoms with Gasteiger partial charge in [-0.3, -0.25) is 0 Å². The Bertz CT molecular complexity index is 951. The van der Waals surface area contributed by atoms with Gasteiger partial charge in [-0.25, -0.2) is 0 Å². The second kappa shape index (κ2) is 18.2. The van der Waals surface area contributed by atoms with Gasteiger partial charge in [-0.2, -0.15) is 0 Å². The molecule has 6 nitrogen and oxygen atoms in total. The lowest BCUT2D eigenvalue weighted by molar-refractivity contribution is 0.0213. The van der Waals surface area contributed by atoms with Crippen molar-refractivity contribution in [2.24, 2.45) is 0 Å². The van der Waals surface area contributed by atoms with Crippen LogP contribution in [0.2, 0.25) is 0 Å². The molecule has 2 N–H and O–H groups in total. The van der Waals surface area contributed by atoms with Crippen LogP contribution in [0.4, 0.5) is 0 Å². The summed E-state index contributed by atoms with van der Waals surface area (Å²) in [7, 11) is 0. The van der Waals surface area contributed by atoms with Crippen LogP contribution in [0.1, 0.15) is 38.8 Å². The van der Waals surface area contributed by atoms with Crippen LogP contribution in [-0.2, 0) is 14.9 Å². The molecule has 0 heterocycles. The molecule has 0 bridgehead atoms. The van der Waals surface area contributed by atoms with E-state index in [9.17, 15) is 10.2 Å². The van der Waals surface area contributed by atoms with Crippen LogP contribution in [0.5, 0.6) is 11.5 Å². The number of aliphatic hydroxyl groups excluding tert-OH is 2. The van der Waals surface area contributed by atoms with Gasteiger partial charge in [0.2, 0.25) is 0 Å². The first-order chi connectivity index (χ1) is 18.9. The smallest absolute Gasteiger partial charge is 0.119 e. The highest BCUT2D eigenvalue weighted by molar-refractivity contribution is 5.41. The molecule has 0 aliphatic carbocycles. The van der Waals surface area contributed by atoms with Crippen molar-refractivity contribution in [1.29, 1.82) is 0 Å². The van der Waals surface area contributed by atoms with Crippen LogP contribution in [0.3, 0.4) is 0 Å². The van der Waals surface area contributed by atoms with Gasteiger partial charge in [0.05, 0.1) is 26.4 Å². The number of ether oxygens (including phenoxy) is 4. The predicted octanol–water partition coefficient (Wildman–Crippen LogP) is 5.79. The van der Waals surface area contributed by atoms with E-state index >= 15 is 0 Å². The molecule has 2 aromatic rings. The van der Waals surface area contributed by atoms with Crippen molar-refractivity contribution in [3.8, 4) is 11.5 Å². The van der Waals surface area contributed by atoms with Gasteiger partial charge in [-0.15, -0.1) is 0 Å². The van der Waals surface area contributed by atoms with Gasteiger partial charge in [0.25, 0.3) is 0 Å². The number of hydrogen-bond donors (Lipinski definition) is 2. The van der Waals surface area contributed by atoms with Crippen LogP contribution < -0.4 is 9.47 Å². The summed E-state index contributed by atoms with van der Waals surface area (Å²) in [5, 5.41) is 20.2.